The van der Waals surface area contributed by atoms with Gasteiger partial charge in [0.2, 0.25) is 0 Å². The van der Waals surface area contributed by atoms with Crippen molar-refractivity contribution in [2.75, 3.05) is 9.62 Å². The predicted octanol–water partition coefficient (Wildman–Crippen LogP) is 14.7. The van der Waals surface area contributed by atoms with Crippen molar-refractivity contribution in [3.63, 3.8) is 0 Å². The molecule has 0 atom stereocenters. The van der Waals surface area contributed by atoms with Gasteiger partial charge in [-0.25, -0.2) is 0 Å². The van der Waals surface area contributed by atoms with Crippen LogP contribution >= 0.6 is 0 Å². The first-order valence-electron chi connectivity index (χ1n) is 24.5. The zero-order chi connectivity index (χ0) is 45.9. The Bertz CT molecular complexity index is 3450. The molecular formula is C60H60B2N4. The number of hydrogen-bond donors (Lipinski definition) is 0. The van der Waals surface area contributed by atoms with Gasteiger partial charge in [-0.05, 0) is 178 Å². The van der Waals surface area contributed by atoms with Crippen molar-refractivity contribution in [2.24, 2.45) is 0 Å². The average molecular weight is 859 g/mol. The zero-order valence-electron chi connectivity index (χ0n) is 41.3. The van der Waals surface area contributed by atoms with Crippen molar-refractivity contribution in [2.45, 2.75) is 120 Å². The van der Waals surface area contributed by atoms with Crippen molar-refractivity contribution in [3.05, 3.63) is 142 Å². The number of fused-ring (bicyclic) bond motifs is 22. The third-order valence-electron chi connectivity index (χ3n) is 16.6. The van der Waals surface area contributed by atoms with Crippen molar-refractivity contribution < 1.29 is 0 Å². The molecule has 6 heteroatoms. The fourth-order valence-electron chi connectivity index (χ4n) is 12.6. The summed E-state index contributed by atoms with van der Waals surface area (Å²) in [5, 5.41) is 5.54. The Morgan fingerprint density at radius 1 is 0.424 bits per heavy atom. The zero-order valence-corrected chi connectivity index (χ0v) is 41.3. The number of aryl methyl sites for hydroxylation is 4. The van der Waals surface area contributed by atoms with Crippen LogP contribution in [0.4, 0.5) is 22.7 Å². The number of benzene rings is 7. The first-order chi connectivity index (χ1) is 31.3. The first-order valence-corrected chi connectivity index (χ1v) is 24.5. The largest absolute Gasteiger partial charge is 0.421 e. The van der Waals surface area contributed by atoms with E-state index >= 15 is 0 Å². The van der Waals surface area contributed by atoms with Crippen molar-refractivity contribution in [1.82, 2.24) is 8.96 Å². The van der Waals surface area contributed by atoms with Gasteiger partial charge < -0.3 is 18.6 Å². The van der Waals surface area contributed by atoms with E-state index in [2.05, 4.69) is 213 Å². The molecule has 7 aromatic carbocycles. The second-order valence-electron chi connectivity index (χ2n) is 23.2. The van der Waals surface area contributed by atoms with E-state index in [4.69, 9.17) is 0 Å². The molecular weight excluding hydrogens is 798 g/mol. The smallest absolute Gasteiger partial charge is 0.359 e. The molecule has 0 radical (unpaired) electrons. The van der Waals surface area contributed by atoms with Crippen LogP contribution in [-0.2, 0) is 10.8 Å². The monoisotopic (exact) mass is 859 g/mol. The summed E-state index contributed by atoms with van der Waals surface area (Å²) in [7, 11) is 0. The van der Waals surface area contributed by atoms with Crippen LogP contribution in [-0.4, -0.2) is 22.9 Å². The van der Waals surface area contributed by atoms with E-state index in [1.54, 1.807) is 0 Å². The fraction of sp³-hybridized carbons (Fsp3) is 0.300. The molecule has 4 aliphatic rings. The van der Waals surface area contributed by atoms with E-state index in [0.717, 1.165) is 0 Å². The van der Waals surface area contributed by atoms with Gasteiger partial charge in [-0.2, -0.15) is 0 Å². The van der Waals surface area contributed by atoms with Crippen LogP contribution in [0.5, 0.6) is 0 Å². The Labute approximate surface area is 391 Å². The van der Waals surface area contributed by atoms with Gasteiger partial charge in [-0.15, -0.1) is 0 Å². The number of anilines is 4. The highest BCUT2D eigenvalue weighted by Gasteiger charge is 2.50. The van der Waals surface area contributed by atoms with Gasteiger partial charge in [0.05, 0.1) is 22.4 Å². The van der Waals surface area contributed by atoms with E-state index in [-0.39, 0.29) is 24.8 Å². The third kappa shape index (κ3) is 4.98. The molecule has 0 bridgehead atoms. The molecule has 66 heavy (non-hydrogen) atoms. The van der Waals surface area contributed by atoms with Gasteiger partial charge in [0.25, 0.3) is 0 Å². The van der Waals surface area contributed by atoms with Gasteiger partial charge in [0.1, 0.15) is 0 Å². The first kappa shape index (κ1) is 40.2. The molecule has 0 N–H and O–H groups in total. The maximum atomic E-state index is 2.72. The molecule has 0 spiro atoms. The van der Waals surface area contributed by atoms with Gasteiger partial charge in [0.15, 0.2) is 0 Å². The summed E-state index contributed by atoms with van der Waals surface area (Å²) in [4.78, 5) is 5.40. The van der Waals surface area contributed by atoms with Crippen LogP contribution in [0.2, 0.25) is 0 Å². The maximum absolute atomic E-state index is 2.72. The molecule has 4 nitrogen and oxygen atoms in total. The highest BCUT2D eigenvalue weighted by Crippen LogP contribution is 2.55. The van der Waals surface area contributed by atoms with Crippen LogP contribution in [0.15, 0.2) is 97.1 Å². The van der Waals surface area contributed by atoms with Crippen LogP contribution in [0, 0.1) is 27.7 Å². The molecule has 0 aliphatic carbocycles. The normalized spacial score (nSPS) is 14.7. The van der Waals surface area contributed by atoms with E-state index < -0.39 is 0 Å². The Kier molecular flexibility index (Phi) is 7.82. The standard InChI is InChI=1S/C60H60B2N4/c1-31(2)37-15-19-49-43(25-37)41-29-48-42(30-47(41)61-63(49)53-23-33(5)35(7)55-45-27-39(59(9,10)11)17-21-51(45)65(61)57(53)55)44-26-38(32(3)4)16-20-50(44)64-54-24-34(6)36(8)56-46-28-40(60(12,13)14)18-22-52(46)66(58(54)56)62(48)64/h15-32H,1-14H3. The number of aromatic nitrogens is 2. The summed E-state index contributed by atoms with van der Waals surface area (Å²) in [5.41, 5.74) is 29.7. The second-order valence-corrected chi connectivity index (χ2v) is 23.2. The Balaban J connectivity index is 1.16. The van der Waals surface area contributed by atoms with Crippen LogP contribution in [0.25, 0.3) is 65.9 Å². The maximum Gasteiger partial charge on any atom is 0.421 e. The van der Waals surface area contributed by atoms with E-state index in [1.165, 1.54) is 144 Å². The van der Waals surface area contributed by atoms with Gasteiger partial charge in [-0.1, -0.05) is 106 Å². The summed E-state index contributed by atoms with van der Waals surface area (Å²) < 4.78 is 5.44. The number of hydrogen-bond acceptors (Lipinski definition) is 2. The molecule has 13 rings (SSSR count). The summed E-state index contributed by atoms with van der Waals surface area (Å²) in [6.07, 6.45) is 0. The summed E-state index contributed by atoms with van der Waals surface area (Å²) in [6.45, 7) is 32.6. The van der Waals surface area contributed by atoms with Crippen molar-refractivity contribution in [1.29, 1.82) is 0 Å². The SMILES string of the molecule is Cc1cc2c3c(c1C)c1cc(C(C)(C)C)ccc1n3B1c3cc4c(cc3-c3cc(C(C)C)ccc3N12)B1N(c2ccc(C(C)C)cc2-4)c2cc(C)c(C)c3c4cc(C(C)(C)C)ccc4n1c23. The van der Waals surface area contributed by atoms with E-state index in [1.807, 2.05) is 0 Å². The van der Waals surface area contributed by atoms with Crippen molar-refractivity contribution in [3.8, 4) is 22.3 Å². The Morgan fingerprint density at radius 3 is 1.18 bits per heavy atom. The van der Waals surface area contributed by atoms with E-state index in [0.29, 0.717) is 11.8 Å². The fourth-order valence-corrected chi connectivity index (χ4v) is 12.6. The topological polar surface area (TPSA) is 16.3 Å². The molecule has 6 heterocycles. The number of nitrogens with zero attached hydrogens (tertiary/aromatic N) is 4. The lowest BCUT2D eigenvalue weighted by molar-refractivity contribution is 0.591. The number of rotatable bonds is 2. The molecule has 0 fully saturated rings. The highest BCUT2D eigenvalue weighted by molar-refractivity contribution is 6.85. The van der Waals surface area contributed by atoms with Crippen LogP contribution in [0.3, 0.4) is 0 Å². The van der Waals surface area contributed by atoms with Crippen molar-refractivity contribution >= 4 is 91.3 Å². The Hall–Kier alpha value is -6.13. The minimum Gasteiger partial charge on any atom is -0.359 e. The van der Waals surface area contributed by atoms with Gasteiger partial charge >= 0.3 is 14.0 Å². The van der Waals surface area contributed by atoms with Gasteiger partial charge in [0, 0.05) is 55.1 Å². The van der Waals surface area contributed by atoms with Crippen LogP contribution in [0.1, 0.15) is 126 Å². The third-order valence-corrected chi connectivity index (χ3v) is 16.6. The molecule has 0 amide bonds. The second kappa shape index (κ2) is 12.8. The van der Waals surface area contributed by atoms with Crippen LogP contribution < -0.4 is 20.5 Å². The summed E-state index contributed by atoms with van der Waals surface area (Å²) in [5.74, 6) is 0.807. The highest BCUT2D eigenvalue weighted by atomic mass is 15.2. The summed E-state index contributed by atoms with van der Waals surface area (Å²) >= 11 is 0. The lowest BCUT2D eigenvalue weighted by atomic mass is 9.54. The van der Waals surface area contributed by atoms with Gasteiger partial charge in [-0.3, -0.25) is 0 Å². The molecule has 2 aromatic heterocycles. The minimum absolute atomic E-state index is 0.0434. The molecule has 0 unspecified atom stereocenters. The minimum atomic E-state index is -0.0462. The quantitative estimate of drug-likeness (QED) is 0.161. The molecule has 0 saturated carbocycles. The van der Waals surface area contributed by atoms with E-state index in [9.17, 15) is 0 Å². The lowest BCUT2D eigenvalue weighted by Gasteiger charge is -2.39. The molecule has 326 valence electrons. The molecule has 4 aliphatic heterocycles. The predicted molar refractivity (Wildman–Crippen MR) is 287 cm³/mol. The Morgan fingerprint density at radius 2 is 0.818 bits per heavy atom. The molecule has 0 saturated heterocycles. The molecule has 9 aromatic rings. The average Bonchev–Trinajstić information content (AvgIpc) is 4.00. The lowest BCUT2D eigenvalue weighted by Crippen LogP contribution is -2.55. The summed E-state index contributed by atoms with van der Waals surface area (Å²) in [6, 6.07) is 39.6.